The second-order valence-electron chi connectivity index (χ2n) is 10.4. The van der Waals surface area contributed by atoms with Gasteiger partial charge in [0.15, 0.2) is 11.5 Å². The van der Waals surface area contributed by atoms with Crippen molar-refractivity contribution in [2.45, 2.75) is 77.7 Å². The third kappa shape index (κ3) is 9.90. The summed E-state index contributed by atoms with van der Waals surface area (Å²) in [5, 5.41) is 3.61. The van der Waals surface area contributed by atoms with Crippen LogP contribution in [-0.2, 0) is 19.3 Å². The van der Waals surface area contributed by atoms with E-state index in [4.69, 9.17) is 18.9 Å². The monoisotopic (exact) mass is 598 g/mol. The number of rotatable bonds is 17. The number of nitrogens with zero attached hydrogens (tertiary/aromatic N) is 1. The zero-order chi connectivity index (χ0) is 27.3. The molecular formula is C32H52Cl2N2O4. The maximum Gasteiger partial charge on any atom is 0.164 e. The number of halogens is 2. The van der Waals surface area contributed by atoms with Crippen LogP contribution >= 0.6 is 24.8 Å². The van der Waals surface area contributed by atoms with E-state index in [1.807, 2.05) is 6.92 Å². The maximum absolute atomic E-state index is 5.70. The van der Waals surface area contributed by atoms with Crippen LogP contribution in [0.3, 0.4) is 0 Å². The van der Waals surface area contributed by atoms with Crippen LogP contribution in [0.5, 0.6) is 23.0 Å². The van der Waals surface area contributed by atoms with Gasteiger partial charge in [0, 0.05) is 17.2 Å². The van der Waals surface area contributed by atoms with Crippen LogP contribution in [0.4, 0.5) is 0 Å². The lowest BCUT2D eigenvalue weighted by Crippen LogP contribution is -2.40. The molecular weight excluding hydrogens is 547 g/mol. The normalized spacial score (nSPS) is 14.1. The minimum absolute atomic E-state index is 0. The highest BCUT2D eigenvalue weighted by atomic mass is 35.5. The van der Waals surface area contributed by atoms with Gasteiger partial charge < -0.3 is 29.2 Å². The predicted octanol–water partition coefficient (Wildman–Crippen LogP) is 6.84. The highest BCUT2D eigenvalue weighted by molar-refractivity contribution is 5.85. The molecule has 1 N–H and O–H groups in total. The van der Waals surface area contributed by atoms with Gasteiger partial charge in [0.05, 0.1) is 28.4 Å². The first-order chi connectivity index (χ1) is 18.6. The number of unbranched alkanes of at least 4 members (excludes halogenated alkanes) is 3. The fourth-order valence-electron chi connectivity index (χ4n) is 5.80. The van der Waals surface area contributed by atoms with Crippen molar-refractivity contribution in [3.8, 4) is 23.0 Å². The zero-order valence-corrected chi connectivity index (χ0v) is 27.1. The molecule has 0 aromatic heterocycles. The molecule has 3 rings (SSSR count). The van der Waals surface area contributed by atoms with Crippen LogP contribution in [-0.4, -0.2) is 65.6 Å². The number of ether oxygens (including phenoxy) is 4. The van der Waals surface area contributed by atoms with Crippen molar-refractivity contribution in [1.82, 2.24) is 10.2 Å². The van der Waals surface area contributed by atoms with Crippen LogP contribution in [0, 0.1) is 6.92 Å². The van der Waals surface area contributed by atoms with Gasteiger partial charge in [-0.15, -0.1) is 24.8 Å². The molecule has 0 aliphatic heterocycles. The Hall–Kier alpha value is -1.86. The second kappa shape index (κ2) is 19.3. The van der Waals surface area contributed by atoms with E-state index in [2.05, 4.69) is 41.4 Å². The van der Waals surface area contributed by atoms with E-state index in [0.717, 1.165) is 60.9 Å². The summed E-state index contributed by atoms with van der Waals surface area (Å²) in [6.07, 6.45) is 10.6. The quantitative estimate of drug-likeness (QED) is 0.201. The van der Waals surface area contributed by atoms with E-state index in [1.54, 1.807) is 28.4 Å². The lowest BCUT2D eigenvalue weighted by molar-refractivity contribution is 0.175. The van der Waals surface area contributed by atoms with Gasteiger partial charge in [0.1, 0.15) is 11.5 Å². The average molecular weight is 600 g/mol. The molecule has 1 aliphatic rings. The number of methoxy groups -OCH3 is 4. The van der Waals surface area contributed by atoms with Crippen LogP contribution in [0.2, 0.25) is 0 Å². The first kappa shape index (κ1) is 36.2. The van der Waals surface area contributed by atoms with E-state index in [-0.39, 0.29) is 24.8 Å². The number of benzene rings is 2. The number of fused-ring (bicyclic) bond motifs is 1. The summed E-state index contributed by atoms with van der Waals surface area (Å²) in [4.78, 5) is 2.74. The van der Waals surface area contributed by atoms with E-state index >= 15 is 0 Å². The molecule has 2 aromatic carbocycles. The second-order valence-corrected chi connectivity index (χ2v) is 10.4. The van der Waals surface area contributed by atoms with Crippen molar-refractivity contribution in [2.24, 2.45) is 0 Å². The third-order valence-corrected chi connectivity index (χ3v) is 7.91. The SMILES string of the molecule is CCCN(CCCCCCNCCc1cc(OC)c(C)c(OC)c1)C1CCc2c(ccc(OC)c2OC)C1.Cl.Cl. The molecule has 0 fully saturated rings. The molecule has 0 radical (unpaired) electrons. The van der Waals surface area contributed by atoms with Crippen LogP contribution < -0.4 is 24.3 Å². The van der Waals surface area contributed by atoms with E-state index in [0.29, 0.717) is 6.04 Å². The smallest absolute Gasteiger partial charge is 0.164 e. The Labute approximate surface area is 255 Å². The molecule has 0 amide bonds. The Balaban J connectivity index is 0.00000400. The molecule has 0 saturated heterocycles. The van der Waals surface area contributed by atoms with Gasteiger partial charge in [-0.05, 0) is 107 Å². The molecule has 8 heteroatoms. The van der Waals surface area contributed by atoms with Gasteiger partial charge in [-0.25, -0.2) is 0 Å². The Morgan fingerprint density at radius 2 is 1.50 bits per heavy atom. The molecule has 6 nitrogen and oxygen atoms in total. The highest BCUT2D eigenvalue weighted by Gasteiger charge is 2.27. The molecule has 2 aromatic rings. The summed E-state index contributed by atoms with van der Waals surface area (Å²) in [6.45, 7) is 8.76. The largest absolute Gasteiger partial charge is 0.496 e. The van der Waals surface area contributed by atoms with Gasteiger partial charge in [-0.3, -0.25) is 0 Å². The lowest BCUT2D eigenvalue weighted by Gasteiger charge is -2.36. The Kier molecular flexibility index (Phi) is 17.4. The van der Waals surface area contributed by atoms with Crippen molar-refractivity contribution >= 4 is 24.8 Å². The van der Waals surface area contributed by atoms with Crippen molar-refractivity contribution in [3.05, 3.63) is 46.5 Å². The zero-order valence-electron chi connectivity index (χ0n) is 25.5. The summed E-state index contributed by atoms with van der Waals surface area (Å²) in [6, 6.07) is 9.18. The molecule has 0 saturated carbocycles. The Bertz CT molecular complexity index is 980. The first-order valence-electron chi connectivity index (χ1n) is 14.4. The molecule has 40 heavy (non-hydrogen) atoms. The predicted molar refractivity (Wildman–Crippen MR) is 171 cm³/mol. The minimum atomic E-state index is 0. The fraction of sp³-hybridized carbons (Fsp3) is 0.625. The third-order valence-electron chi connectivity index (χ3n) is 7.91. The summed E-state index contributed by atoms with van der Waals surface area (Å²) in [5.74, 6) is 3.57. The van der Waals surface area contributed by atoms with Gasteiger partial charge in [-0.1, -0.05) is 25.8 Å². The fourth-order valence-corrected chi connectivity index (χ4v) is 5.80. The van der Waals surface area contributed by atoms with Crippen molar-refractivity contribution in [2.75, 3.05) is 54.6 Å². The summed E-state index contributed by atoms with van der Waals surface area (Å²) in [5.41, 5.74) is 5.07. The number of hydrogen-bond acceptors (Lipinski definition) is 6. The van der Waals surface area contributed by atoms with Crippen LogP contribution in [0.15, 0.2) is 24.3 Å². The van der Waals surface area contributed by atoms with Gasteiger partial charge in [0.25, 0.3) is 0 Å². The van der Waals surface area contributed by atoms with Gasteiger partial charge >= 0.3 is 0 Å². The first-order valence-corrected chi connectivity index (χ1v) is 14.4. The van der Waals surface area contributed by atoms with Crippen molar-refractivity contribution in [3.63, 3.8) is 0 Å². The van der Waals surface area contributed by atoms with Crippen LogP contribution in [0.1, 0.15) is 67.7 Å². The van der Waals surface area contributed by atoms with E-state index < -0.39 is 0 Å². The van der Waals surface area contributed by atoms with Crippen LogP contribution in [0.25, 0.3) is 0 Å². The molecule has 1 aliphatic carbocycles. The molecule has 0 bridgehead atoms. The highest BCUT2D eigenvalue weighted by Crippen LogP contribution is 2.38. The summed E-state index contributed by atoms with van der Waals surface area (Å²) in [7, 11) is 6.90. The Morgan fingerprint density at radius 1 is 0.825 bits per heavy atom. The van der Waals surface area contributed by atoms with Gasteiger partial charge in [0.2, 0.25) is 0 Å². The lowest BCUT2D eigenvalue weighted by atomic mass is 9.86. The molecule has 228 valence electrons. The number of nitrogens with one attached hydrogen (secondary N) is 1. The molecule has 1 unspecified atom stereocenters. The minimum Gasteiger partial charge on any atom is -0.496 e. The summed E-state index contributed by atoms with van der Waals surface area (Å²) < 4.78 is 22.2. The van der Waals surface area contributed by atoms with Crippen molar-refractivity contribution in [1.29, 1.82) is 0 Å². The standard InChI is InChI=1S/C32H50N2O4.2ClH/c1-7-19-34(27-13-14-28-26(23-27)12-15-29(35-3)32(28)38-6)20-11-9-8-10-17-33-18-16-25-21-30(36-4)24(2)31(22-25)37-5;;/h12,15,21-22,27,33H,7-11,13-14,16-20,23H2,1-6H3;2*1H. The maximum atomic E-state index is 5.70. The molecule has 1 atom stereocenters. The van der Waals surface area contributed by atoms with E-state index in [9.17, 15) is 0 Å². The van der Waals surface area contributed by atoms with E-state index in [1.165, 1.54) is 68.3 Å². The number of hydrogen-bond donors (Lipinski definition) is 1. The molecule has 0 spiro atoms. The summed E-state index contributed by atoms with van der Waals surface area (Å²) >= 11 is 0. The topological polar surface area (TPSA) is 52.2 Å². The molecule has 0 heterocycles. The van der Waals surface area contributed by atoms with Crippen molar-refractivity contribution < 1.29 is 18.9 Å². The Morgan fingerprint density at radius 3 is 2.12 bits per heavy atom. The van der Waals surface area contributed by atoms with Gasteiger partial charge in [-0.2, -0.15) is 0 Å². The average Bonchev–Trinajstić information content (AvgIpc) is 2.95.